The lowest BCUT2D eigenvalue weighted by Gasteiger charge is -2.25. The molecule has 14 nitrogen and oxygen atoms in total. The summed E-state index contributed by atoms with van der Waals surface area (Å²) in [6.45, 7) is 9.86. The van der Waals surface area contributed by atoms with Crippen LogP contribution in [0.3, 0.4) is 0 Å². The van der Waals surface area contributed by atoms with E-state index in [1.807, 2.05) is 83.6 Å². The summed E-state index contributed by atoms with van der Waals surface area (Å²) in [7, 11) is 8.67. The average molecular weight is 1070 g/mol. The van der Waals surface area contributed by atoms with Crippen LogP contribution in [0.5, 0.6) is 23.0 Å². The summed E-state index contributed by atoms with van der Waals surface area (Å²) in [6, 6.07) is 29.1. The van der Waals surface area contributed by atoms with Gasteiger partial charge in [0.05, 0.1) is 48.8 Å². The van der Waals surface area contributed by atoms with Crippen LogP contribution in [0.15, 0.2) is 91.0 Å². The van der Waals surface area contributed by atoms with Crippen LogP contribution in [-0.4, -0.2) is 93.5 Å². The predicted octanol–water partition coefficient (Wildman–Crippen LogP) is 11.3. The minimum absolute atomic E-state index is 0.00809. The molecule has 0 fully saturated rings. The Balaban J connectivity index is 0.887. The minimum Gasteiger partial charge on any atom is -0.493 e. The Labute approximate surface area is 455 Å². The number of anilines is 5. The molecule has 4 aliphatic heterocycles. The maximum absolute atomic E-state index is 14.3. The lowest BCUT2D eigenvalue weighted by atomic mass is 10.1. The smallest absolute Gasteiger partial charge is 0.260 e. The number of hydrogen-bond donors (Lipinski definition) is 3. The molecule has 2 atom stereocenters. The second kappa shape index (κ2) is 24.8. The first-order valence-electron chi connectivity index (χ1n) is 26.8. The number of nitrogens with one attached hydrogen (secondary N) is 3. The molecule has 0 saturated carbocycles. The molecule has 0 radical (unpaired) electrons. The number of para-hydroxylation sites is 2. The van der Waals surface area contributed by atoms with Gasteiger partial charge in [0.15, 0.2) is 23.0 Å². The third kappa shape index (κ3) is 12.7. The highest BCUT2D eigenvalue weighted by molar-refractivity contribution is 8.77. The van der Waals surface area contributed by atoms with Gasteiger partial charge in [0.25, 0.3) is 11.8 Å². The normalized spacial score (nSPS) is 16.3. The van der Waals surface area contributed by atoms with Gasteiger partial charge in [-0.05, 0) is 130 Å². The topological polar surface area (TPSA) is 151 Å². The Morgan fingerprint density at radius 3 is 2.01 bits per heavy atom. The number of amides is 3. The molecular weight excluding hydrogens is 997 g/mol. The molecule has 0 bridgehead atoms. The number of methoxy groups -OCH3 is 2. The highest BCUT2D eigenvalue weighted by Crippen LogP contribution is 2.44. The van der Waals surface area contributed by atoms with E-state index in [1.54, 1.807) is 47.9 Å². The molecule has 0 spiro atoms. The van der Waals surface area contributed by atoms with E-state index >= 15 is 0 Å². The number of hydrogen-bond acceptors (Lipinski definition) is 13. The van der Waals surface area contributed by atoms with Crippen molar-refractivity contribution >= 4 is 73.5 Å². The number of nitrogens with zero attached hydrogens (tertiary/aromatic N) is 3. The van der Waals surface area contributed by atoms with Gasteiger partial charge in [-0.15, -0.1) is 0 Å². The monoisotopic (exact) mass is 1070 g/mol. The van der Waals surface area contributed by atoms with Crippen molar-refractivity contribution in [2.75, 3.05) is 78.5 Å². The maximum Gasteiger partial charge on any atom is 0.260 e. The highest BCUT2D eigenvalue weighted by Gasteiger charge is 2.40. The summed E-state index contributed by atoms with van der Waals surface area (Å²) in [5, 5.41) is 10.0. The summed E-state index contributed by atoms with van der Waals surface area (Å²) >= 11 is 0. The van der Waals surface area contributed by atoms with Crippen molar-refractivity contribution in [2.24, 2.45) is 0 Å². The third-order valence-electron chi connectivity index (χ3n) is 14.7. The number of likely N-dealkylation sites (N-methyl/N-ethyl adjacent to an activating group) is 1. The number of carbonyl (C=O) groups is 4. The van der Waals surface area contributed by atoms with Crippen molar-refractivity contribution in [1.82, 2.24) is 5.32 Å². The van der Waals surface area contributed by atoms with Gasteiger partial charge in [0.2, 0.25) is 5.91 Å². The van der Waals surface area contributed by atoms with Crippen LogP contribution >= 0.6 is 21.6 Å². The summed E-state index contributed by atoms with van der Waals surface area (Å²) < 4.78 is 24.7. The Kier molecular flexibility index (Phi) is 17.7. The molecule has 76 heavy (non-hydrogen) atoms. The first-order valence-corrected chi connectivity index (χ1v) is 29.1. The van der Waals surface area contributed by atoms with E-state index in [-0.39, 0.29) is 47.8 Å². The summed E-state index contributed by atoms with van der Waals surface area (Å²) in [4.78, 5) is 60.6. The quantitative estimate of drug-likeness (QED) is 0.0376. The van der Waals surface area contributed by atoms with E-state index in [0.717, 1.165) is 96.7 Å². The Hall–Kier alpha value is -6.36. The zero-order chi connectivity index (χ0) is 53.3. The molecule has 5 aromatic rings. The highest BCUT2D eigenvalue weighted by atomic mass is 33.1. The third-order valence-corrected chi connectivity index (χ3v) is 18.1. The number of carbonyl (C=O) groups excluding carboxylic acids is 4. The van der Waals surface area contributed by atoms with Crippen molar-refractivity contribution in [3.05, 3.63) is 124 Å². The van der Waals surface area contributed by atoms with Crippen molar-refractivity contribution in [2.45, 2.75) is 115 Å². The van der Waals surface area contributed by atoms with Crippen molar-refractivity contribution in [3.8, 4) is 23.0 Å². The van der Waals surface area contributed by atoms with Crippen LogP contribution in [0, 0.1) is 0 Å². The minimum atomic E-state index is -0.174. The van der Waals surface area contributed by atoms with E-state index in [1.165, 1.54) is 0 Å². The van der Waals surface area contributed by atoms with Crippen molar-refractivity contribution in [3.63, 3.8) is 0 Å². The zero-order valence-electron chi connectivity index (χ0n) is 44.8. The van der Waals surface area contributed by atoms with E-state index in [2.05, 4.69) is 53.8 Å². The fourth-order valence-electron chi connectivity index (χ4n) is 10.7. The van der Waals surface area contributed by atoms with E-state index in [4.69, 9.17) is 18.9 Å². The summed E-state index contributed by atoms with van der Waals surface area (Å²) in [5.74, 6) is 2.73. The number of benzene rings is 5. The van der Waals surface area contributed by atoms with Crippen molar-refractivity contribution in [1.29, 1.82) is 0 Å². The van der Waals surface area contributed by atoms with Gasteiger partial charge in [-0.3, -0.25) is 19.2 Å². The fraction of sp³-hybridized carbons (Fsp3) is 0.433. The number of ether oxygens (including phenoxy) is 4. The fourth-order valence-corrected chi connectivity index (χ4v) is 13.4. The van der Waals surface area contributed by atoms with Crippen LogP contribution in [0.25, 0.3) is 0 Å². The van der Waals surface area contributed by atoms with Crippen LogP contribution in [-0.2, 0) is 35.6 Å². The average Bonchev–Trinajstić information content (AvgIpc) is 3.92. The molecule has 16 heteroatoms. The maximum atomic E-state index is 14.3. The molecule has 4 aliphatic rings. The largest absolute Gasteiger partial charge is 0.493 e. The predicted molar refractivity (Wildman–Crippen MR) is 308 cm³/mol. The molecule has 3 amide bonds. The van der Waals surface area contributed by atoms with E-state index in [0.29, 0.717) is 90.1 Å². The molecular formula is C60H72N6O8S2. The van der Waals surface area contributed by atoms with Gasteiger partial charge < -0.3 is 49.6 Å². The molecule has 0 aliphatic carbocycles. The summed E-state index contributed by atoms with van der Waals surface area (Å²) in [5.41, 5.74) is 8.79. The molecule has 0 unspecified atom stereocenters. The first kappa shape index (κ1) is 54.4. The second-order valence-corrected chi connectivity index (χ2v) is 23.9. The number of Topliss-reactive ketones (excluding diaryl/α,β-unsaturated/α-hetero) is 1. The van der Waals surface area contributed by atoms with E-state index < -0.39 is 0 Å². The standard InChI is InChI=1S/C60H72N6O8S2/c1-7-61-24-14-8-9-18-46(67)19-15-25-75-76-60(2,3)23-22-57(68)63-43-27-39(37-73-55-33-49-47(31-53(55)71-5)58(69)65-44(35-62-49)29-41-16-10-12-20-50(41)65)26-40(28-43)38-74-56-34-52-48(32-54(56)72-6)59(70)66-45(36-64(52)4)30-42-17-11-13-21-51(42)66/h10-13,16-17,20-21,26-28,31-34,44-45,61-62H,7-9,14-15,18-19,22-25,29-30,35-38H2,1-6H3,(H,63,68)/t44-,45-/m1/s1. The zero-order valence-corrected chi connectivity index (χ0v) is 46.4. The number of rotatable bonds is 25. The Morgan fingerprint density at radius 1 is 0.711 bits per heavy atom. The van der Waals surface area contributed by atoms with Crippen LogP contribution in [0.4, 0.5) is 28.4 Å². The molecule has 3 N–H and O–H groups in total. The van der Waals surface area contributed by atoms with Gasteiger partial charge in [0.1, 0.15) is 19.0 Å². The van der Waals surface area contributed by atoms with Gasteiger partial charge >= 0.3 is 0 Å². The van der Waals surface area contributed by atoms with Gasteiger partial charge in [0, 0.05) is 79.1 Å². The Morgan fingerprint density at radius 2 is 1.33 bits per heavy atom. The van der Waals surface area contributed by atoms with E-state index in [9.17, 15) is 19.2 Å². The Bertz CT molecular complexity index is 2930. The molecule has 402 valence electrons. The van der Waals surface area contributed by atoms with Gasteiger partial charge in [-0.1, -0.05) is 71.3 Å². The van der Waals surface area contributed by atoms with Crippen molar-refractivity contribution < 1.29 is 38.1 Å². The van der Waals surface area contributed by atoms with Crippen LogP contribution in [0.1, 0.15) is 115 Å². The summed E-state index contributed by atoms with van der Waals surface area (Å²) in [6.07, 6.45) is 7.79. The molecule has 0 aromatic heterocycles. The molecule has 5 aromatic carbocycles. The lowest BCUT2D eigenvalue weighted by molar-refractivity contribution is -0.119. The van der Waals surface area contributed by atoms with Gasteiger partial charge in [-0.2, -0.15) is 0 Å². The SMILES string of the molecule is CCNCCCCCC(=O)CCCSSC(C)(C)CCC(=O)Nc1cc(COc2cc3c(cc2OC)C(=O)N2c4ccccc4C[C@@H]2CN3)cc(COc2cc3c(cc2OC)C(=O)N2c4ccccc4C[C@@H]2CN3C)c1. The second-order valence-electron chi connectivity index (χ2n) is 20.8. The van der Waals surface area contributed by atoms with Crippen LogP contribution in [0.2, 0.25) is 0 Å². The molecule has 0 saturated heterocycles. The lowest BCUT2D eigenvalue weighted by Crippen LogP contribution is -2.41. The first-order chi connectivity index (χ1) is 36.8. The van der Waals surface area contributed by atoms with Gasteiger partial charge in [-0.25, -0.2) is 0 Å². The van der Waals surface area contributed by atoms with Crippen LogP contribution < -0.4 is 49.6 Å². The molecule has 9 rings (SSSR count). The molecule has 4 heterocycles. The number of fused-ring (bicyclic) bond motifs is 8. The number of ketones is 1. The number of unbranched alkanes of at least 4 members (excludes halogenated alkanes) is 2.